The van der Waals surface area contributed by atoms with Crippen LogP contribution in [0.5, 0.6) is 5.75 Å². The van der Waals surface area contributed by atoms with Crippen molar-refractivity contribution < 1.29 is 14.6 Å². The molecule has 1 aromatic carbocycles. The summed E-state index contributed by atoms with van der Waals surface area (Å²) in [6, 6.07) is 3.99. The molecule has 0 heterocycles. The molecule has 1 atom stereocenters. The number of rotatable bonds is 2. The minimum Gasteiger partial charge on any atom is -0.507 e. The standard InChI is InChI=1S/C14H19NO3/c1-15(2)10-5-6-11-9(8-10)4-7-12(16)13(11)14(17)18-3/h4,7,10,16H,5-6,8H2,1-3H3. The molecular weight excluding hydrogens is 230 g/mol. The van der Waals surface area contributed by atoms with E-state index in [1.807, 2.05) is 6.07 Å². The molecular formula is C14H19NO3. The summed E-state index contributed by atoms with van der Waals surface area (Å²) in [5, 5.41) is 9.83. The molecule has 98 valence electrons. The van der Waals surface area contributed by atoms with Crippen molar-refractivity contribution in [3.63, 3.8) is 0 Å². The fourth-order valence-electron chi connectivity index (χ4n) is 2.59. The third kappa shape index (κ3) is 2.20. The molecule has 4 nitrogen and oxygen atoms in total. The molecule has 0 amide bonds. The van der Waals surface area contributed by atoms with Crippen LogP contribution in [0.25, 0.3) is 0 Å². The average molecular weight is 249 g/mol. The van der Waals surface area contributed by atoms with Gasteiger partial charge in [0.15, 0.2) is 0 Å². The summed E-state index contributed by atoms with van der Waals surface area (Å²) in [7, 11) is 5.47. The molecule has 0 fully saturated rings. The monoisotopic (exact) mass is 249 g/mol. The van der Waals surface area contributed by atoms with Crippen LogP contribution in [0.3, 0.4) is 0 Å². The van der Waals surface area contributed by atoms with E-state index in [1.165, 1.54) is 7.11 Å². The third-order valence-corrected chi connectivity index (χ3v) is 3.69. The number of fused-ring (bicyclic) bond motifs is 1. The van der Waals surface area contributed by atoms with Crippen molar-refractivity contribution in [1.29, 1.82) is 0 Å². The van der Waals surface area contributed by atoms with Crippen molar-refractivity contribution >= 4 is 5.97 Å². The van der Waals surface area contributed by atoms with Crippen molar-refractivity contribution in [3.8, 4) is 5.75 Å². The van der Waals surface area contributed by atoms with E-state index in [0.29, 0.717) is 11.6 Å². The largest absolute Gasteiger partial charge is 0.507 e. The van der Waals surface area contributed by atoms with Gasteiger partial charge < -0.3 is 14.7 Å². The van der Waals surface area contributed by atoms with Crippen LogP contribution in [0.4, 0.5) is 0 Å². The quantitative estimate of drug-likeness (QED) is 0.809. The van der Waals surface area contributed by atoms with Crippen LogP contribution in [0.2, 0.25) is 0 Å². The Hall–Kier alpha value is -1.55. The van der Waals surface area contributed by atoms with Gasteiger partial charge >= 0.3 is 5.97 Å². The molecule has 0 radical (unpaired) electrons. The Kier molecular flexibility index (Phi) is 3.57. The lowest BCUT2D eigenvalue weighted by Gasteiger charge is -2.30. The maximum atomic E-state index is 11.7. The maximum absolute atomic E-state index is 11.7. The highest BCUT2D eigenvalue weighted by atomic mass is 16.5. The normalized spacial score (nSPS) is 18.6. The van der Waals surface area contributed by atoms with Gasteiger partial charge in [-0.2, -0.15) is 0 Å². The summed E-state index contributed by atoms with van der Waals surface area (Å²) >= 11 is 0. The van der Waals surface area contributed by atoms with E-state index in [0.717, 1.165) is 30.4 Å². The van der Waals surface area contributed by atoms with Crippen LogP contribution in [-0.2, 0) is 17.6 Å². The van der Waals surface area contributed by atoms with Gasteiger partial charge in [0.2, 0.25) is 0 Å². The van der Waals surface area contributed by atoms with Gasteiger partial charge in [0.05, 0.1) is 7.11 Å². The number of nitrogens with zero attached hydrogens (tertiary/aromatic N) is 1. The van der Waals surface area contributed by atoms with Gasteiger partial charge in [0.1, 0.15) is 11.3 Å². The van der Waals surface area contributed by atoms with E-state index in [-0.39, 0.29) is 5.75 Å². The molecule has 1 N–H and O–H groups in total. The number of likely N-dealkylation sites (N-methyl/N-ethyl adjacent to an activating group) is 1. The van der Waals surface area contributed by atoms with Crippen molar-refractivity contribution in [2.75, 3.05) is 21.2 Å². The molecule has 1 aromatic rings. The second-order valence-electron chi connectivity index (χ2n) is 4.95. The zero-order valence-electron chi connectivity index (χ0n) is 11.1. The zero-order valence-corrected chi connectivity index (χ0v) is 11.1. The first-order chi connectivity index (χ1) is 8.54. The van der Waals surface area contributed by atoms with Crippen molar-refractivity contribution in [1.82, 2.24) is 4.90 Å². The van der Waals surface area contributed by atoms with E-state index < -0.39 is 5.97 Å². The first-order valence-electron chi connectivity index (χ1n) is 6.13. The number of benzene rings is 1. The SMILES string of the molecule is COC(=O)c1c(O)ccc2c1CCC(N(C)C)C2. The van der Waals surface area contributed by atoms with E-state index in [9.17, 15) is 9.90 Å². The van der Waals surface area contributed by atoms with Crippen molar-refractivity contribution in [2.24, 2.45) is 0 Å². The second kappa shape index (κ2) is 4.98. The molecule has 0 bridgehead atoms. The topological polar surface area (TPSA) is 49.8 Å². The average Bonchev–Trinajstić information content (AvgIpc) is 2.37. The second-order valence-corrected chi connectivity index (χ2v) is 4.95. The number of carbonyl (C=O) groups is 1. The number of phenols is 1. The Morgan fingerprint density at radius 2 is 2.17 bits per heavy atom. The fourth-order valence-corrected chi connectivity index (χ4v) is 2.59. The molecule has 0 aromatic heterocycles. The number of aromatic hydroxyl groups is 1. The number of ether oxygens (including phenoxy) is 1. The summed E-state index contributed by atoms with van der Waals surface area (Å²) in [6.45, 7) is 0. The maximum Gasteiger partial charge on any atom is 0.341 e. The zero-order chi connectivity index (χ0) is 13.3. The van der Waals surface area contributed by atoms with Gasteiger partial charge in [0.25, 0.3) is 0 Å². The summed E-state index contributed by atoms with van der Waals surface area (Å²) in [6.07, 6.45) is 2.71. The van der Waals surface area contributed by atoms with Gasteiger partial charge in [-0.25, -0.2) is 4.79 Å². The molecule has 0 saturated carbocycles. The number of hydrogen-bond donors (Lipinski definition) is 1. The highest BCUT2D eigenvalue weighted by Gasteiger charge is 2.26. The van der Waals surface area contributed by atoms with E-state index in [2.05, 4.69) is 19.0 Å². The number of esters is 1. The van der Waals surface area contributed by atoms with Crippen molar-refractivity contribution in [3.05, 3.63) is 28.8 Å². The molecule has 0 aliphatic heterocycles. The van der Waals surface area contributed by atoms with E-state index in [1.54, 1.807) is 6.07 Å². The lowest BCUT2D eigenvalue weighted by molar-refractivity contribution is 0.0595. The molecule has 0 saturated heterocycles. The van der Waals surface area contributed by atoms with Gasteiger partial charge in [-0.05, 0) is 50.6 Å². The van der Waals surface area contributed by atoms with Crippen LogP contribution in [-0.4, -0.2) is 43.2 Å². The Morgan fingerprint density at radius 1 is 1.44 bits per heavy atom. The van der Waals surface area contributed by atoms with Crippen LogP contribution < -0.4 is 0 Å². The lowest BCUT2D eigenvalue weighted by atomic mass is 9.84. The summed E-state index contributed by atoms with van der Waals surface area (Å²) in [5.41, 5.74) is 2.42. The van der Waals surface area contributed by atoms with Crippen LogP contribution in [0.15, 0.2) is 12.1 Å². The van der Waals surface area contributed by atoms with Crippen molar-refractivity contribution in [2.45, 2.75) is 25.3 Å². The minimum atomic E-state index is -0.451. The first-order valence-corrected chi connectivity index (χ1v) is 6.13. The molecule has 18 heavy (non-hydrogen) atoms. The van der Waals surface area contributed by atoms with Gasteiger partial charge in [0, 0.05) is 6.04 Å². The van der Waals surface area contributed by atoms with E-state index >= 15 is 0 Å². The van der Waals surface area contributed by atoms with Gasteiger partial charge in [-0.1, -0.05) is 6.07 Å². The molecule has 1 aliphatic rings. The smallest absolute Gasteiger partial charge is 0.341 e. The predicted octanol–water partition coefficient (Wildman–Crippen LogP) is 1.60. The Labute approximate surface area is 107 Å². The highest BCUT2D eigenvalue weighted by Crippen LogP contribution is 2.32. The number of hydrogen-bond acceptors (Lipinski definition) is 4. The summed E-state index contributed by atoms with van der Waals surface area (Å²) in [5.74, 6) is -0.434. The third-order valence-electron chi connectivity index (χ3n) is 3.69. The Morgan fingerprint density at radius 3 is 2.78 bits per heavy atom. The summed E-state index contributed by atoms with van der Waals surface area (Å²) < 4.78 is 4.75. The molecule has 2 rings (SSSR count). The minimum absolute atomic E-state index is 0.0175. The van der Waals surface area contributed by atoms with Crippen LogP contribution in [0, 0.1) is 0 Å². The molecule has 0 spiro atoms. The lowest BCUT2D eigenvalue weighted by Crippen LogP contribution is -2.34. The highest BCUT2D eigenvalue weighted by molar-refractivity contribution is 5.94. The molecule has 4 heteroatoms. The van der Waals surface area contributed by atoms with Gasteiger partial charge in [-0.3, -0.25) is 0 Å². The van der Waals surface area contributed by atoms with Crippen LogP contribution in [0.1, 0.15) is 27.9 Å². The van der Waals surface area contributed by atoms with E-state index in [4.69, 9.17) is 4.74 Å². The first kappa shape index (κ1) is 12.9. The fraction of sp³-hybridized carbons (Fsp3) is 0.500. The number of methoxy groups -OCH3 is 1. The Bertz CT molecular complexity index is 468. The van der Waals surface area contributed by atoms with Gasteiger partial charge in [-0.15, -0.1) is 0 Å². The Balaban J connectivity index is 2.41. The predicted molar refractivity (Wildman–Crippen MR) is 68.9 cm³/mol. The number of phenolic OH excluding ortho intramolecular Hbond substituents is 1. The summed E-state index contributed by atoms with van der Waals surface area (Å²) in [4.78, 5) is 13.9. The van der Waals surface area contributed by atoms with Crippen LogP contribution >= 0.6 is 0 Å². The molecule has 1 unspecified atom stereocenters. The number of carbonyl (C=O) groups excluding carboxylic acids is 1. The molecule has 1 aliphatic carbocycles.